The Morgan fingerprint density at radius 1 is 1.21 bits per heavy atom. The Morgan fingerprint density at radius 3 is 2.42 bits per heavy atom. The Morgan fingerprint density at radius 2 is 1.89 bits per heavy atom. The van der Waals surface area contributed by atoms with Crippen LogP contribution < -0.4 is 5.32 Å². The number of nitrogens with one attached hydrogen (secondary N) is 1. The summed E-state index contributed by atoms with van der Waals surface area (Å²) >= 11 is 1.72. The molecule has 0 aliphatic heterocycles. The quantitative estimate of drug-likeness (QED) is 0.808. The Balaban J connectivity index is 2.18. The highest BCUT2D eigenvalue weighted by Gasteiger charge is 2.27. The molecule has 1 aromatic rings. The third-order valence-corrected chi connectivity index (χ3v) is 3.90. The third kappa shape index (κ3) is 6.94. The van der Waals surface area contributed by atoms with E-state index in [4.69, 9.17) is 0 Å². The van der Waals surface area contributed by atoms with Crippen LogP contribution in [0.4, 0.5) is 13.2 Å². The second kappa shape index (κ2) is 6.72. The first kappa shape index (κ1) is 16.5. The summed E-state index contributed by atoms with van der Waals surface area (Å²) in [6.07, 6.45) is -4.24. The van der Waals surface area contributed by atoms with Gasteiger partial charge in [0, 0.05) is 22.8 Å². The average Bonchev–Trinajstić information content (AvgIpc) is 2.69. The van der Waals surface area contributed by atoms with Crippen molar-refractivity contribution >= 4 is 11.3 Å². The summed E-state index contributed by atoms with van der Waals surface area (Å²) in [6.45, 7) is 6.43. The minimum absolute atomic E-state index is 0.0665. The van der Waals surface area contributed by atoms with Gasteiger partial charge in [0.1, 0.15) is 6.61 Å². The second-order valence-corrected chi connectivity index (χ2v) is 6.53. The molecule has 1 heterocycles. The molecule has 1 N–H and O–H groups in total. The van der Waals surface area contributed by atoms with E-state index < -0.39 is 12.8 Å². The van der Waals surface area contributed by atoms with Crippen LogP contribution >= 0.6 is 11.3 Å². The van der Waals surface area contributed by atoms with Gasteiger partial charge in [-0.15, -0.1) is 11.3 Å². The van der Waals surface area contributed by atoms with Crippen LogP contribution in [0.3, 0.4) is 0 Å². The van der Waals surface area contributed by atoms with Gasteiger partial charge in [-0.1, -0.05) is 20.8 Å². The first-order valence-electron chi connectivity index (χ1n) is 6.13. The van der Waals surface area contributed by atoms with E-state index in [1.54, 1.807) is 11.3 Å². The lowest BCUT2D eigenvalue weighted by Crippen LogP contribution is -2.23. The maximum atomic E-state index is 11.8. The summed E-state index contributed by atoms with van der Waals surface area (Å²) in [5.41, 5.74) is 0.138. The number of thiophene rings is 1. The molecule has 0 saturated heterocycles. The van der Waals surface area contributed by atoms with Gasteiger partial charge in [-0.3, -0.25) is 0 Å². The second-order valence-electron chi connectivity index (χ2n) is 5.36. The highest BCUT2D eigenvalue weighted by Crippen LogP contribution is 2.29. The summed E-state index contributed by atoms with van der Waals surface area (Å²) in [7, 11) is 0. The van der Waals surface area contributed by atoms with Crippen LogP contribution in [-0.2, 0) is 16.7 Å². The van der Waals surface area contributed by atoms with E-state index in [2.05, 4.69) is 43.0 Å². The van der Waals surface area contributed by atoms with Crippen LogP contribution in [0.2, 0.25) is 0 Å². The largest absolute Gasteiger partial charge is 0.411 e. The van der Waals surface area contributed by atoms with E-state index in [9.17, 15) is 13.2 Å². The number of hydrogen-bond acceptors (Lipinski definition) is 3. The van der Waals surface area contributed by atoms with E-state index in [1.165, 1.54) is 9.75 Å². The van der Waals surface area contributed by atoms with Gasteiger partial charge >= 0.3 is 6.18 Å². The highest BCUT2D eigenvalue weighted by molar-refractivity contribution is 7.12. The first-order valence-corrected chi connectivity index (χ1v) is 6.94. The third-order valence-electron chi connectivity index (χ3n) is 2.39. The molecule has 0 fully saturated rings. The molecule has 1 rings (SSSR count). The lowest BCUT2D eigenvalue weighted by molar-refractivity contribution is -0.173. The van der Waals surface area contributed by atoms with E-state index in [0.717, 1.165) is 0 Å². The number of rotatable bonds is 6. The number of halogens is 3. The van der Waals surface area contributed by atoms with Crippen molar-refractivity contribution in [3.63, 3.8) is 0 Å². The van der Waals surface area contributed by atoms with Gasteiger partial charge in [0.2, 0.25) is 0 Å². The van der Waals surface area contributed by atoms with Crippen molar-refractivity contribution in [1.82, 2.24) is 5.32 Å². The monoisotopic (exact) mass is 295 g/mol. The lowest BCUT2D eigenvalue weighted by Gasteiger charge is -2.15. The molecule has 0 spiro atoms. The van der Waals surface area contributed by atoms with Gasteiger partial charge in [-0.05, 0) is 17.5 Å². The van der Waals surface area contributed by atoms with Crippen molar-refractivity contribution in [3.05, 3.63) is 21.9 Å². The zero-order chi connectivity index (χ0) is 14.5. The fraction of sp³-hybridized carbons (Fsp3) is 0.692. The van der Waals surface area contributed by atoms with E-state index in [1.807, 2.05) is 0 Å². The van der Waals surface area contributed by atoms with Crippen molar-refractivity contribution < 1.29 is 17.9 Å². The van der Waals surface area contributed by atoms with Crippen molar-refractivity contribution in [3.8, 4) is 0 Å². The van der Waals surface area contributed by atoms with Crippen LogP contribution in [-0.4, -0.2) is 25.9 Å². The fourth-order valence-electron chi connectivity index (χ4n) is 1.42. The molecule has 0 amide bonds. The Hall–Kier alpha value is -0.590. The Kier molecular flexibility index (Phi) is 5.82. The molecular formula is C13H20F3NOS. The van der Waals surface area contributed by atoms with Gasteiger partial charge < -0.3 is 10.1 Å². The van der Waals surface area contributed by atoms with Gasteiger partial charge in [0.05, 0.1) is 6.61 Å². The molecule has 2 nitrogen and oxygen atoms in total. The molecule has 0 radical (unpaired) electrons. The average molecular weight is 295 g/mol. The summed E-state index contributed by atoms with van der Waals surface area (Å²) in [6, 6.07) is 4.15. The van der Waals surface area contributed by atoms with E-state index >= 15 is 0 Å². The smallest absolute Gasteiger partial charge is 0.371 e. The standard InChI is InChI=1S/C13H20F3NOS/c1-12(2,3)11-5-4-10(19-11)8-17-6-7-18-9-13(14,15)16/h4-5,17H,6-9H2,1-3H3. The fourth-order valence-corrected chi connectivity index (χ4v) is 2.45. The van der Waals surface area contributed by atoms with Gasteiger partial charge in [0.25, 0.3) is 0 Å². The van der Waals surface area contributed by atoms with Crippen LogP contribution in [0.15, 0.2) is 12.1 Å². The Bertz CT molecular complexity index is 382. The van der Waals surface area contributed by atoms with E-state index in [0.29, 0.717) is 13.1 Å². The molecule has 0 atom stereocenters. The van der Waals surface area contributed by atoms with E-state index in [-0.39, 0.29) is 12.0 Å². The molecule has 110 valence electrons. The molecule has 0 bridgehead atoms. The number of alkyl halides is 3. The van der Waals surface area contributed by atoms with Gasteiger partial charge in [-0.25, -0.2) is 0 Å². The van der Waals surface area contributed by atoms with Crippen LogP contribution in [0.5, 0.6) is 0 Å². The molecule has 6 heteroatoms. The maximum absolute atomic E-state index is 11.8. The first-order chi connectivity index (χ1) is 8.68. The van der Waals surface area contributed by atoms with Gasteiger partial charge in [-0.2, -0.15) is 13.2 Å². The number of ether oxygens (including phenoxy) is 1. The molecule has 0 aromatic carbocycles. The minimum Gasteiger partial charge on any atom is -0.371 e. The van der Waals surface area contributed by atoms with Crippen molar-refractivity contribution in [2.45, 2.75) is 38.9 Å². The predicted molar refractivity (Wildman–Crippen MR) is 71.6 cm³/mol. The summed E-state index contributed by atoms with van der Waals surface area (Å²) in [5, 5.41) is 3.07. The maximum Gasteiger partial charge on any atom is 0.411 e. The number of hydrogen-bond donors (Lipinski definition) is 1. The normalized spacial score (nSPS) is 12.9. The van der Waals surface area contributed by atoms with Crippen LogP contribution in [0, 0.1) is 0 Å². The predicted octanol–water partition coefficient (Wildman–Crippen LogP) is 3.71. The Labute approximate surface area is 116 Å². The minimum atomic E-state index is -4.24. The zero-order valence-corrected chi connectivity index (χ0v) is 12.3. The molecular weight excluding hydrogens is 275 g/mol. The van der Waals surface area contributed by atoms with Crippen molar-refractivity contribution in [2.75, 3.05) is 19.8 Å². The summed E-state index contributed by atoms with van der Waals surface area (Å²) in [4.78, 5) is 2.48. The van der Waals surface area contributed by atoms with Crippen LogP contribution in [0.1, 0.15) is 30.5 Å². The molecule has 0 unspecified atom stereocenters. The molecule has 1 aromatic heterocycles. The molecule has 0 saturated carbocycles. The molecule has 0 aliphatic carbocycles. The van der Waals surface area contributed by atoms with Crippen LogP contribution in [0.25, 0.3) is 0 Å². The summed E-state index contributed by atoms with van der Waals surface area (Å²) in [5.74, 6) is 0. The van der Waals surface area contributed by atoms with Crippen molar-refractivity contribution in [2.24, 2.45) is 0 Å². The highest BCUT2D eigenvalue weighted by atomic mass is 32.1. The molecule has 0 aliphatic rings. The zero-order valence-electron chi connectivity index (χ0n) is 11.4. The SMILES string of the molecule is CC(C)(C)c1ccc(CNCCOCC(F)(F)F)s1. The molecule has 19 heavy (non-hydrogen) atoms. The van der Waals surface area contributed by atoms with Gasteiger partial charge in [0.15, 0.2) is 0 Å². The topological polar surface area (TPSA) is 21.3 Å². The van der Waals surface area contributed by atoms with Crippen molar-refractivity contribution in [1.29, 1.82) is 0 Å². The lowest BCUT2D eigenvalue weighted by atomic mass is 9.95. The summed E-state index contributed by atoms with van der Waals surface area (Å²) < 4.78 is 39.9.